The molecule has 0 aliphatic rings. The first kappa shape index (κ1) is 15.0. The van der Waals surface area contributed by atoms with Crippen molar-refractivity contribution >= 4 is 23.1 Å². The third kappa shape index (κ3) is 4.27. The summed E-state index contributed by atoms with van der Waals surface area (Å²) < 4.78 is 0. The van der Waals surface area contributed by atoms with E-state index in [9.17, 15) is 4.79 Å². The molecule has 0 saturated carbocycles. The van der Waals surface area contributed by atoms with Crippen LogP contribution in [0.1, 0.15) is 37.6 Å². The average molecular weight is 284 g/mol. The summed E-state index contributed by atoms with van der Waals surface area (Å²) in [5.74, 6) is 1.57. The zero-order valence-corrected chi connectivity index (χ0v) is 12.6. The van der Waals surface area contributed by atoms with E-state index >= 15 is 0 Å². The maximum atomic E-state index is 11.2. The Kier molecular flexibility index (Phi) is 4.87. The lowest BCUT2D eigenvalue weighted by Gasteiger charge is -2.13. The van der Waals surface area contributed by atoms with Gasteiger partial charge in [0.25, 0.3) is 0 Å². The highest BCUT2D eigenvalue weighted by Gasteiger charge is 2.03. The van der Waals surface area contributed by atoms with Crippen molar-refractivity contribution in [2.45, 2.75) is 33.2 Å². The number of hydrogen-bond donors (Lipinski definition) is 2. The minimum Gasteiger partial charge on any atom is -0.367 e. The molecule has 0 amide bonds. The first-order valence-electron chi connectivity index (χ1n) is 7.05. The lowest BCUT2D eigenvalue weighted by molar-refractivity contribution is 0.101. The lowest BCUT2D eigenvalue weighted by Crippen LogP contribution is -2.14. The lowest BCUT2D eigenvalue weighted by atomic mass is 10.1. The topological polar surface area (TPSA) is 66.9 Å². The summed E-state index contributed by atoms with van der Waals surface area (Å²) in [6.07, 6.45) is 2.55. The summed E-state index contributed by atoms with van der Waals surface area (Å²) in [4.78, 5) is 19.6. The third-order valence-electron chi connectivity index (χ3n) is 3.24. The number of nitrogens with zero attached hydrogens (tertiary/aromatic N) is 2. The van der Waals surface area contributed by atoms with E-state index in [0.717, 1.165) is 17.9 Å². The maximum absolute atomic E-state index is 11.2. The summed E-state index contributed by atoms with van der Waals surface area (Å²) >= 11 is 0. The molecule has 0 spiro atoms. The number of benzene rings is 1. The zero-order chi connectivity index (χ0) is 15.2. The quantitative estimate of drug-likeness (QED) is 0.793. The fraction of sp³-hybridized carbons (Fsp3) is 0.312. The Bertz CT molecular complexity index is 610. The Morgan fingerprint density at radius 1 is 1.19 bits per heavy atom. The number of rotatable bonds is 6. The van der Waals surface area contributed by atoms with Gasteiger partial charge >= 0.3 is 0 Å². The van der Waals surface area contributed by atoms with E-state index < -0.39 is 0 Å². The summed E-state index contributed by atoms with van der Waals surface area (Å²) in [6, 6.07) is 9.54. The summed E-state index contributed by atoms with van der Waals surface area (Å²) in [5.41, 5.74) is 1.58. The molecule has 2 aromatic rings. The smallest absolute Gasteiger partial charge is 0.159 e. The highest BCUT2D eigenvalue weighted by Crippen LogP contribution is 2.17. The van der Waals surface area contributed by atoms with Crippen molar-refractivity contribution in [1.82, 2.24) is 9.97 Å². The molecular formula is C16H20N4O. The SMILES string of the molecule is CCC(C)Nc1cc(Nc2ccc(C(C)=O)cc2)ncn1. The van der Waals surface area contributed by atoms with Crippen molar-refractivity contribution in [2.75, 3.05) is 10.6 Å². The Balaban J connectivity index is 2.08. The van der Waals surface area contributed by atoms with E-state index in [4.69, 9.17) is 0 Å². The molecule has 1 aromatic carbocycles. The third-order valence-corrected chi connectivity index (χ3v) is 3.24. The van der Waals surface area contributed by atoms with Gasteiger partial charge in [-0.25, -0.2) is 9.97 Å². The molecule has 1 aromatic heterocycles. The van der Waals surface area contributed by atoms with Crippen LogP contribution in [0, 0.1) is 0 Å². The molecule has 1 heterocycles. The Labute approximate surface area is 124 Å². The Hall–Kier alpha value is -2.43. The van der Waals surface area contributed by atoms with Gasteiger partial charge in [-0.1, -0.05) is 6.92 Å². The molecule has 110 valence electrons. The molecule has 1 unspecified atom stereocenters. The number of carbonyl (C=O) groups is 1. The number of ketones is 1. The second-order valence-electron chi connectivity index (χ2n) is 5.00. The van der Waals surface area contributed by atoms with Crippen LogP contribution in [0.15, 0.2) is 36.7 Å². The van der Waals surface area contributed by atoms with Crippen LogP contribution in [-0.2, 0) is 0 Å². The summed E-state index contributed by atoms with van der Waals surface area (Å²) in [6.45, 7) is 5.78. The highest BCUT2D eigenvalue weighted by atomic mass is 16.1. The van der Waals surface area contributed by atoms with Gasteiger partial charge in [0.15, 0.2) is 5.78 Å². The van der Waals surface area contributed by atoms with Gasteiger partial charge in [0, 0.05) is 23.4 Å². The number of aromatic nitrogens is 2. The van der Waals surface area contributed by atoms with Crippen LogP contribution in [0.5, 0.6) is 0 Å². The fourth-order valence-corrected chi connectivity index (χ4v) is 1.80. The van der Waals surface area contributed by atoms with E-state index in [0.29, 0.717) is 17.4 Å². The molecule has 1 atom stereocenters. The fourth-order valence-electron chi connectivity index (χ4n) is 1.80. The molecule has 0 saturated heterocycles. The van der Waals surface area contributed by atoms with Gasteiger partial charge in [0.05, 0.1) is 0 Å². The molecule has 2 rings (SSSR count). The maximum Gasteiger partial charge on any atom is 0.159 e. The van der Waals surface area contributed by atoms with Gasteiger partial charge in [-0.15, -0.1) is 0 Å². The highest BCUT2D eigenvalue weighted by molar-refractivity contribution is 5.94. The molecule has 0 aliphatic carbocycles. The minimum atomic E-state index is 0.0589. The summed E-state index contributed by atoms with van der Waals surface area (Å²) in [7, 11) is 0. The van der Waals surface area contributed by atoms with Crippen molar-refractivity contribution < 1.29 is 4.79 Å². The summed E-state index contributed by atoms with van der Waals surface area (Å²) in [5, 5.41) is 6.51. The largest absolute Gasteiger partial charge is 0.367 e. The van der Waals surface area contributed by atoms with E-state index in [1.165, 1.54) is 6.33 Å². The second-order valence-corrected chi connectivity index (χ2v) is 5.00. The normalized spacial score (nSPS) is 11.8. The van der Waals surface area contributed by atoms with E-state index in [2.05, 4.69) is 34.4 Å². The number of hydrogen-bond acceptors (Lipinski definition) is 5. The van der Waals surface area contributed by atoms with Crippen molar-refractivity contribution in [2.24, 2.45) is 0 Å². The van der Waals surface area contributed by atoms with Crippen molar-refractivity contribution in [3.63, 3.8) is 0 Å². The number of nitrogens with one attached hydrogen (secondary N) is 2. The predicted octanol–water partition coefficient (Wildman–Crippen LogP) is 3.63. The molecule has 0 fully saturated rings. The van der Waals surface area contributed by atoms with Gasteiger partial charge in [-0.3, -0.25) is 4.79 Å². The Morgan fingerprint density at radius 3 is 2.48 bits per heavy atom. The van der Waals surface area contributed by atoms with E-state index in [1.54, 1.807) is 19.1 Å². The van der Waals surface area contributed by atoms with E-state index in [1.807, 2.05) is 18.2 Å². The molecule has 0 radical (unpaired) electrons. The second kappa shape index (κ2) is 6.83. The van der Waals surface area contributed by atoms with Crippen LogP contribution in [0.3, 0.4) is 0 Å². The van der Waals surface area contributed by atoms with Gasteiger partial charge in [-0.05, 0) is 44.5 Å². The molecule has 5 nitrogen and oxygen atoms in total. The van der Waals surface area contributed by atoms with Crippen LogP contribution >= 0.6 is 0 Å². The van der Waals surface area contributed by atoms with Crippen LogP contribution < -0.4 is 10.6 Å². The number of carbonyl (C=O) groups excluding carboxylic acids is 1. The number of anilines is 3. The van der Waals surface area contributed by atoms with Crippen molar-refractivity contribution in [3.05, 3.63) is 42.2 Å². The molecule has 2 N–H and O–H groups in total. The molecule has 21 heavy (non-hydrogen) atoms. The molecule has 0 bridgehead atoms. The standard InChI is InChI=1S/C16H20N4O/c1-4-11(2)19-15-9-16(18-10-17-15)20-14-7-5-13(6-8-14)12(3)21/h5-11H,4H2,1-3H3,(H2,17,18,19,20). The minimum absolute atomic E-state index is 0.0589. The predicted molar refractivity (Wildman–Crippen MR) is 85.1 cm³/mol. The van der Waals surface area contributed by atoms with Crippen molar-refractivity contribution in [1.29, 1.82) is 0 Å². The molecule has 5 heteroatoms. The first-order valence-corrected chi connectivity index (χ1v) is 7.05. The van der Waals surface area contributed by atoms with Crippen molar-refractivity contribution in [3.8, 4) is 0 Å². The average Bonchev–Trinajstić information content (AvgIpc) is 2.48. The van der Waals surface area contributed by atoms with E-state index in [-0.39, 0.29) is 5.78 Å². The van der Waals surface area contributed by atoms with Crippen LogP contribution in [0.2, 0.25) is 0 Å². The zero-order valence-electron chi connectivity index (χ0n) is 12.6. The van der Waals surface area contributed by atoms with Crippen LogP contribution in [0.25, 0.3) is 0 Å². The Morgan fingerprint density at radius 2 is 1.86 bits per heavy atom. The molecular weight excluding hydrogens is 264 g/mol. The van der Waals surface area contributed by atoms with Gasteiger partial charge in [-0.2, -0.15) is 0 Å². The number of Topliss-reactive ketones (excluding diaryl/α,β-unsaturated/α-hetero) is 1. The van der Waals surface area contributed by atoms with Gasteiger partial charge < -0.3 is 10.6 Å². The molecule has 0 aliphatic heterocycles. The monoisotopic (exact) mass is 284 g/mol. The van der Waals surface area contributed by atoms with Gasteiger partial charge in [0.2, 0.25) is 0 Å². The first-order chi connectivity index (χ1) is 10.1. The van der Waals surface area contributed by atoms with Crippen LogP contribution in [0.4, 0.5) is 17.3 Å². The van der Waals surface area contributed by atoms with Gasteiger partial charge in [0.1, 0.15) is 18.0 Å². The van der Waals surface area contributed by atoms with Crippen LogP contribution in [-0.4, -0.2) is 21.8 Å².